The Kier molecular flexibility index (Phi) is 17.1. The summed E-state index contributed by atoms with van der Waals surface area (Å²) in [7, 11) is 0. The fraction of sp³-hybridized carbons (Fsp3) is 0.528. The van der Waals surface area contributed by atoms with Gasteiger partial charge < -0.3 is 15.3 Å². The number of rotatable bonds is 9. The molecular weight excluding hydrogens is 492 g/mol. The Balaban J connectivity index is 0.000000301. The summed E-state index contributed by atoms with van der Waals surface area (Å²) in [5.41, 5.74) is 9.03. The predicted octanol–water partition coefficient (Wildman–Crippen LogP) is 9.24. The van der Waals surface area contributed by atoms with Crippen molar-refractivity contribution in [1.82, 2.24) is 4.90 Å². The Hall–Kier alpha value is -2.69. The molecule has 0 spiro atoms. The molecule has 0 aliphatic carbocycles. The first kappa shape index (κ1) is 35.3. The largest absolute Gasteiger partial charge is 0.508 e. The number of unbranched alkanes of at least 4 members (excludes halogenated alkanes) is 1. The molecule has 0 bridgehead atoms. The van der Waals surface area contributed by atoms with Crippen LogP contribution in [-0.4, -0.2) is 48.1 Å². The lowest BCUT2D eigenvalue weighted by Crippen LogP contribution is -2.42. The summed E-state index contributed by atoms with van der Waals surface area (Å²) in [5, 5.41) is 17.0. The third-order valence-electron chi connectivity index (χ3n) is 7.72. The number of hydrogen-bond donors (Lipinski definition) is 2. The van der Waals surface area contributed by atoms with Crippen LogP contribution in [-0.2, 0) is 11.2 Å². The second-order valence-electron chi connectivity index (χ2n) is 11.0. The van der Waals surface area contributed by atoms with E-state index >= 15 is 0 Å². The van der Waals surface area contributed by atoms with Gasteiger partial charge in [-0.25, -0.2) is 0 Å². The van der Waals surface area contributed by atoms with Gasteiger partial charge in [0.25, 0.3) is 0 Å². The number of benzene rings is 2. The molecule has 4 nitrogen and oxygen atoms in total. The maximum atomic E-state index is 9.36. The van der Waals surface area contributed by atoms with Crippen molar-refractivity contribution in [3.8, 4) is 5.75 Å². The van der Waals surface area contributed by atoms with Gasteiger partial charge >= 0.3 is 0 Å². The van der Waals surface area contributed by atoms with E-state index < -0.39 is 0 Å². The predicted molar refractivity (Wildman–Crippen MR) is 175 cm³/mol. The van der Waals surface area contributed by atoms with Crippen molar-refractivity contribution in [2.75, 3.05) is 26.3 Å². The van der Waals surface area contributed by atoms with Crippen LogP contribution in [0.25, 0.3) is 5.57 Å². The molecule has 2 aromatic carbocycles. The van der Waals surface area contributed by atoms with Crippen LogP contribution in [0.15, 0.2) is 54.1 Å². The number of nitrogens with one attached hydrogen (secondary N) is 1. The highest BCUT2D eigenvalue weighted by Crippen LogP contribution is 2.20. The number of hydrogen-bond acceptors (Lipinski definition) is 4. The van der Waals surface area contributed by atoms with Crippen molar-refractivity contribution < 1.29 is 9.84 Å². The van der Waals surface area contributed by atoms with E-state index in [1.165, 1.54) is 41.5 Å². The van der Waals surface area contributed by atoms with Crippen LogP contribution >= 0.6 is 0 Å². The lowest BCUT2D eigenvalue weighted by atomic mass is 9.98. The van der Waals surface area contributed by atoms with E-state index in [0.717, 1.165) is 61.9 Å². The molecule has 0 radical (unpaired) electrons. The number of aromatic hydroxyl groups is 1. The molecule has 222 valence electrons. The highest BCUT2D eigenvalue weighted by molar-refractivity contribution is 6.21. The third kappa shape index (κ3) is 13.1. The quantitative estimate of drug-likeness (QED) is 0.242. The SMILES string of the molecule is C/C=C(/C(C)=N)c1ccc(C)c(C)c1.C/C=C(\C)CCc1ccc(O)c(C)c1.CCCCC(C)N1CCOCC1. The molecule has 0 amide bonds. The molecular formula is C36H56N2O2. The molecule has 0 saturated carbocycles. The number of phenols is 1. The second kappa shape index (κ2) is 19.4. The first-order chi connectivity index (χ1) is 19.0. The number of aryl methyl sites for hydroxylation is 4. The van der Waals surface area contributed by atoms with Crippen LogP contribution in [0.4, 0.5) is 0 Å². The van der Waals surface area contributed by atoms with E-state index in [1.807, 2.05) is 32.9 Å². The monoisotopic (exact) mass is 548 g/mol. The number of phenolic OH excluding ortho intramolecular Hbond substituents is 1. The number of nitrogens with zero attached hydrogens (tertiary/aromatic N) is 1. The second-order valence-corrected chi connectivity index (χ2v) is 11.0. The minimum Gasteiger partial charge on any atom is -0.508 e. The first-order valence-electron chi connectivity index (χ1n) is 15.0. The molecule has 1 heterocycles. The van der Waals surface area contributed by atoms with Gasteiger partial charge in [-0.15, -0.1) is 0 Å². The molecule has 1 saturated heterocycles. The molecule has 3 rings (SSSR count). The minimum atomic E-state index is 0.386. The van der Waals surface area contributed by atoms with Crippen LogP contribution in [0.1, 0.15) is 95.0 Å². The standard InChI is InChI=1S/C13H17N.C13H18O.C10H21NO/c1-5-13(11(4)14)12-7-6-9(2)10(3)8-12;1-4-10(2)5-6-12-7-8-13(14)11(3)9-12;1-3-4-5-10(2)11-6-8-12-9-7-11/h5-8,14H,1-4H3;4,7-9,14H,5-6H2,1-3H3;10H,3-9H2,1-2H3/b13-5-,14-11?;10-4+;. The fourth-order valence-electron chi connectivity index (χ4n) is 4.57. The molecule has 1 fully saturated rings. The fourth-order valence-corrected chi connectivity index (χ4v) is 4.57. The molecule has 4 heteroatoms. The smallest absolute Gasteiger partial charge is 0.118 e. The molecule has 1 aliphatic heterocycles. The van der Waals surface area contributed by atoms with Gasteiger partial charge in [-0.1, -0.05) is 67.8 Å². The van der Waals surface area contributed by atoms with Gasteiger partial charge in [0.05, 0.1) is 13.2 Å². The lowest BCUT2D eigenvalue weighted by Gasteiger charge is -2.32. The summed E-state index contributed by atoms with van der Waals surface area (Å²) < 4.78 is 5.31. The van der Waals surface area contributed by atoms with E-state index in [2.05, 4.69) is 76.8 Å². The Morgan fingerprint density at radius 2 is 1.65 bits per heavy atom. The molecule has 1 aliphatic rings. The van der Waals surface area contributed by atoms with Crippen molar-refractivity contribution in [3.05, 3.63) is 81.9 Å². The highest BCUT2D eigenvalue weighted by atomic mass is 16.5. The van der Waals surface area contributed by atoms with Gasteiger partial charge in [0.2, 0.25) is 0 Å². The molecule has 0 aromatic heterocycles. The average Bonchev–Trinajstić information content (AvgIpc) is 2.95. The van der Waals surface area contributed by atoms with Gasteiger partial charge in [0.15, 0.2) is 0 Å². The first-order valence-corrected chi connectivity index (χ1v) is 15.0. The summed E-state index contributed by atoms with van der Waals surface area (Å²) in [4.78, 5) is 2.54. The molecule has 1 unspecified atom stereocenters. The van der Waals surface area contributed by atoms with Crippen molar-refractivity contribution >= 4 is 11.3 Å². The van der Waals surface area contributed by atoms with Crippen LogP contribution < -0.4 is 0 Å². The zero-order chi connectivity index (χ0) is 30.1. The normalized spacial score (nSPS) is 14.9. The molecule has 2 aromatic rings. The van der Waals surface area contributed by atoms with Gasteiger partial charge in [-0.2, -0.15) is 0 Å². The molecule has 40 heavy (non-hydrogen) atoms. The van der Waals surface area contributed by atoms with Crippen molar-refractivity contribution in [3.63, 3.8) is 0 Å². The van der Waals surface area contributed by atoms with Crippen molar-refractivity contribution in [1.29, 1.82) is 5.41 Å². The van der Waals surface area contributed by atoms with E-state index in [1.54, 1.807) is 6.07 Å². The lowest BCUT2D eigenvalue weighted by molar-refractivity contribution is 0.0182. The summed E-state index contributed by atoms with van der Waals surface area (Å²) in [6.45, 7) is 22.9. The highest BCUT2D eigenvalue weighted by Gasteiger charge is 2.15. The zero-order valence-corrected chi connectivity index (χ0v) is 26.9. The third-order valence-corrected chi connectivity index (χ3v) is 7.72. The molecule has 2 N–H and O–H groups in total. The summed E-state index contributed by atoms with van der Waals surface area (Å²) in [6.07, 6.45) is 10.3. The Bertz CT molecular complexity index is 1090. The Morgan fingerprint density at radius 3 is 2.17 bits per heavy atom. The van der Waals surface area contributed by atoms with E-state index in [-0.39, 0.29) is 0 Å². The van der Waals surface area contributed by atoms with Gasteiger partial charge in [0, 0.05) is 24.8 Å². The summed E-state index contributed by atoms with van der Waals surface area (Å²) >= 11 is 0. The number of allylic oxidation sites excluding steroid dienone is 4. The minimum absolute atomic E-state index is 0.386. The Labute approximate surface area is 245 Å². The summed E-state index contributed by atoms with van der Waals surface area (Å²) in [6, 6.07) is 12.9. The maximum absolute atomic E-state index is 9.36. The maximum Gasteiger partial charge on any atom is 0.118 e. The average molecular weight is 549 g/mol. The number of ether oxygens (including phenoxy) is 1. The van der Waals surface area contributed by atoms with Crippen LogP contribution in [0.5, 0.6) is 5.75 Å². The van der Waals surface area contributed by atoms with E-state index in [4.69, 9.17) is 10.1 Å². The van der Waals surface area contributed by atoms with Crippen LogP contribution in [0.3, 0.4) is 0 Å². The topological polar surface area (TPSA) is 56.5 Å². The van der Waals surface area contributed by atoms with E-state index in [9.17, 15) is 5.11 Å². The zero-order valence-electron chi connectivity index (χ0n) is 26.9. The van der Waals surface area contributed by atoms with Crippen molar-refractivity contribution in [2.45, 2.75) is 100 Å². The van der Waals surface area contributed by atoms with Crippen molar-refractivity contribution in [2.24, 2.45) is 0 Å². The van der Waals surface area contributed by atoms with Gasteiger partial charge in [-0.05, 0) is 114 Å². The van der Waals surface area contributed by atoms with Gasteiger partial charge in [0.1, 0.15) is 5.75 Å². The molecule has 1 atom stereocenters. The Morgan fingerprint density at radius 1 is 0.975 bits per heavy atom. The van der Waals surface area contributed by atoms with Crippen LogP contribution in [0.2, 0.25) is 0 Å². The summed E-state index contributed by atoms with van der Waals surface area (Å²) in [5.74, 6) is 0.386. The van der Waals surface area contributed by atoms with E-state index in [0.29, 0.717) is 11.5 Å². The van der Waals surface area contributed by atoms with Crippen LogP contribution in [0, 0.1) is 26.2 Å². The van der Waals surface area contributed by atoms with Gasteiger partial charge in [-0.3, -0.25) is 4.90 Å². The number of morpholine rings is 1.